The second-order valence-electron chi connectivity index (χ2n) is 7.57. The van der Waals surface area contributed by atoms with Crippen LogP contribution in [0.25, 0.3) is 0 Å². The van der Waals surface area contributed by atoms with Gasteiger partial charge in [0.25, 0.3) is 0 Å². The third-order valence-corrected chi connectivity index (χ3v) is 5.38. The average molecular weight is 360 g/mol. The van der Waals surface area contributed by atoms with Crippen molar-refractivity contribution in [2.75, 3.05) is 26.2 Å². The van der Waals surface area contributed by atoms with Crippen molar-refractivity contribution in [3.63, 3.8) is 0 Å². The molecule has 4 unspecified atom stereocenters. The number of hydrogen-bond acceptors (Lipinski definition) is 3. The van der Waals surface area contributed by atoms with Crippen molar-refractivity contribution in [1.82, 2.24) is 10.2 Å². The van der Waals surface area contributed by atoms with Gasteiger partial charge in [0.15, 0.2) is 0 Å². The standard InChI is InChI=1S/C20H28N2O4/c1-14-10-17(19(23)24)13-22(12-14)20(25)21-11-16-8-5-9-26-18(16)15-6-3-2-4-7-15/h2-4,6-7,14,16-18H,5,8-13H2,1H3,(H,21,25)(H,23,24). The van der Waals surface area contributed by atoms with Gasteiger partial charge in [-0.15, -0.1) is 0 Å². The number of benzene rings is 1. The van der Waals surface area contributed by atoms with Crippen LogP contribution >= 0.6 is 0 Å². The summed E-state index contributed by atoms with van der Waals surface area (Å²) in [4.78, 5) is 25.5. The Morgan fingerprint density at radius 2 is 2.04 bits per heavy atom. The van der Waals surface area contributed by atoms with Crippen molar-refractivity contribution >= 4 is 12.0 Å². The maximum Gasteiger partial charge on any atom is 0.317 e. The van der Waals surface area contributed by atoms with Gasteiger partial charge in [-0.25, -0.2) is 4.79 Å². The second-order valence-corrected chi connectivity index (χ2v) is 7.57. The molecule has 0 spiro atoms. The van der Waals surface area contributed by atoms with Gasteiger partial charge in [-0.2, -0.15) is 0 Å². The molecule has 1 aromatic rings. The molecular formula is C20H28N2O4. The highest BCUT2D eigenvalue weighted by Gasteiger charge is 2.33. The lowest BCUT2D eigenvalue weighted by molar-refractivity contribution is -0.143. The molecule has 6 heteroatoms. The molecule has 3 rings (SSSR count). The molecule has 0 aliphatic carbocycles. The summed E-state index contributed by atoms with van der Waals surface area (Å²) >= 11 is 0. The van der Waals surface area contributed by atoms with Crippen LogP contribution in [0.5, 0.6) is 0 Å². The van der Waals surface area contributed by atoms with Crippen molar-refractivity contribution in [3.8, 4) is 0 Å². The molecule has 2 aliphatic heterocycles. The Hall–Kier alpha value is -2.08. The zero-order chi connectivity index (χ0) is 18.5. The Morgan fingerprint density at radius 3 is 2.77 bits per heavy atom. The number of rotatable bonds is 4. The van der Waals surface area contributed by atoms with Crippen LogP contribution in [0.3, 0.4) is 0 Å². The highest BCUT2D eigenvalue weighted by Crippen LogP contribution is 2.33. The lowest BCUT2D eigenvalue weighted by Gasteiger charge is -2.36. The van der Waals surface area contributed by atoms with Gasteiger partial charge in [-0.1, -0.05) is 37.3 Å². The number of aliphatic carboxylic acids is 1. The van der Waals surface area contributed by atoms with E-state index in [0.717, 1.165) is 25.0 Å². The normalized spacial score (nSPS) is 29.2. The van der Waals surface area contributed by atoms with E-state index in [9.17, 15) is 14.7 Å². The average Bonchev–Trinajstić information content (AvgIpc) is 2.66. The fourth-order valence-corrected chi connectivity index (χ4v) is 4.09. The molecule has 2 fully saturated rings. The number of ether oxygens (including phenoxy) is 1. The van der Waals surface area contributed by atoms with Crippen LogP contribution in [-0.2, 0) is 9.53 Å². The SMILES string of the molecule is CC1CC(C(=O)O)CN(C(=O)NCC2CCCOC2c2ccccc2)C1. The molecule has 2 amide bonds. The molecule has 0 radical (unpaired) electrons. The fourth-order valence-electron chi connectivity index (χ4n) is 4.09. The van der Waals surface area contributed by atoms with E-state index in [0.29, 0.717) is 19.5 Å². The highest BCUT2D eigenvalue weighted by atomic mass is 16.5. The Bertz CT molecular complexity index is 621. The number of likely N-dealkylation sites (tertiary alicyclic amines) is 1. The van der Waals surface area contributed by atoms with E-state index < -0.39 is 11.9 Å². The zero-order valence-electron chi connectivity index (χ0n) is 15.3. The van der Waals surface area contributed by atoms with E-state index in [2.05, 4.69) is 17.4 Å². The molecule has 2 heterocycles. The molecule has 26 heavy (non-hydrogen) atoms. The number of carboxylic acid groups (broad SMARTS) is 1. The lowest BCUT2D eigenvalue weighted by atomic mass is 9.89. The third-order valence-electron chi connectivity index (χ3n) is 5.38. The van der Waals surface area contributed by atoms with Crippen molar-refractivity contribution in [2.45, 2.75) is 32.3 Å². The van der Waals surface area contributed by atoms with E-state index >= 15 is 0 Å². The van der Waals surface area contributed by atoms with Gasteiger partial charge in [-0.3, -0.25) is 4.79 Å². The first-order chi connectivity index (χ1) is 12.5. The Labute approximate surface area is 154 Å². The summed E-state index contributed by atoms with van der Waals surface area (Å²) in [6, 6.07) is 9.96. The number of piperidine rings is 1. The van der Waals surface area contributed by atoms with Crippen LogP contribution in [0.1, 0.15) is 37.9 Å². The van der Waals surface area contributed by atoms with Gasteiger partial charge < -0.3 is 20.1 Å². The first-order valence-corrected chi connectivity index (χ1v) is 9.46. The topological polar surface area (TPSA) is 78.9 Å². The summed E-state index contributed by atoms with van der Waals surface area (Å²) in [6.45, 7) is 4.18. The molecule has 2 saturated heterocycles. The van der Waals surface area contributed by atoms with Crippen LogP contribution in [0.2, 0.25) is 0 Å². The monoisotopic (exact) mass is 360 g/mol. The molecule has 4 atom stereocenters. The summed E-state index contributed by atoms with van der Waals surface area (Å²) in [5.41, 5.74) is 1.14. The van der Waals surface area contributed by atoms with Crippen LogP contribution < -0.4 is 5.32 Å². The van der Waals surface area contributed by atoms with Crippen molar-refractivity contribution < 1.29 is 19.4 Å². The Morgan fingerprint density at radius 1 is 1.27 bits per heavy atom. The number of hydrogen-bond donors (Lipinski definition) is 2. The summed E-state index contributed by atoms with van der Waals surface area (Å²) < 4.78 is 5.98. The number of nitrogens with one attached hydrogen (secondary N) is 1. The van der Waals surface area contributed by atoms with Crippen LogP contribution in [0.4, 0.5) is 4.79 Å². The molecule has 0 aromatic heterocycles. The van der Waals surface area contributed by atoms with E-state index in [-0.39, 0.29) is 30.5 Å². The molecule has 2 aliphatic rings. The number of amides is 2. The third kappa shape index (κ3) is 4.55. The largest absolute Gasteiger partial charge is 0.481 e. The smallest absolute Gasteiger partial charge is 0.317 e. The van der Waals surface area contributed by atoms with Gasteiger partial charge in [0.05, 0.1) is 12.0 Å². The summed E-state index contributed by atoms with van der Waals surface area (Å²) in [7, 11) is 0. The number of carbonyl (C=O) groups excluding carboxylic acids is 1. The molecule has 6 nitrogen and oxygen atoms in total. The Kier molecular flexibility index (Phi) is 6.14. The minimum atomic E-state index is -0.820. The molecule has 0 bridgehead atoms. The fraction of sp³-hybridized carbons (Fsp3) is 0.600. The number of urea groups is 1. The lowest BCUT2D eigenvalue weighted by Crippen LogP contribution is -2.50. The van der Waals surface area contributed by atoms with Crippen LogP contribution in [-0.4, -0.2) is 48.2 Å². The van der Waals surface area contributed by atoms with Gasteiger partial charge in [-0.05, 0) is 30.7 Å². The molecule has 2 N–H and O–H groups in total. The van der Waals surface area contributed by atoms with Gasteiger partial charge in [0.2, 0.25) is 0 Å². The van der Waals surface area contributed by atoms with Gasteiger partial charge >= 0.3 is 12.0 Å². The number of carbonyl (C=O) groups is 2. The Balaban J connectivity index is 1.58. The zero-order valence-corrected chi connectivity index (χ0v) is 15.3. The van der Waals surface area contributed by atoms with Gasteiger partial charge in [0, 0.05) is 32.2 Å². The van der Waals surface area contributed by atoms with E-state index in [1.54, 1.807) is 4.90 Å². The summed E-state index contributed by atoms with van der Waals surface area (Å²) in [6.07, 6.45) is 2.63. The summed E-state index contributed by atoms with van der Waals surface area (Å²) in [5.74, 6) is -0.864. The van der Waals surface area contributed by atoms with Crippen LogP contribution in [0.15, 0.2) is 30.3 Å². The second kappa shape index (κ2) is 8.54. The molecule has 0 saturated carbocycles. The maximum absolute atomic E-state index is 12.6. The van der Waals surface area contributed by atoms with Crippen LogP contribution in [0, 0.1) is 17.8 Å². The van der Waals surface area contributed by atoms with Gasteiger partial charge in [0.1, 0.15) is 0 Å². The van der Waals surface area contributed by atoms with Crippen molar-refractivity contribution in [2.24, 2.45) is 17.8 Å². The molecule has 142 valence electrons. The number of carboxylic acids is 1. The van der Waals surface area contributed by atoms with Crippen molar-refractivity contribution in [3.05, 3.63) is 35.9 Å². The predicted octanol–water partition coefficient (Wildman–Crippen LogP) is 2.91. The highest BCUT2D eigenvalue weighted by molar-refractivity contribution is 5.76. The summed E-state index contributed by atoms with van der Waals surface area (Å²) in [5, 5.41) is 12.3. The minimum absolute atomic E-state index is 0.00250. The van der Waals surface area contributed by atoms with E-state index in [1.807, 2.05) is 25.1 Å². The first-order valence-electron chi connectivity index (χ1n) is 9.46. The molecule has 1 aromatic carbocycles. The first kappa shape index (κ1) is 18.7. The quantitative estimate of drug-likeness (QED) is 0.865. The number of nitrogens with zero attached hydrogens (tertiary/aromatic N) is 1. The molecular weight excluding hydrogens is 332 g/mol. The maximum atomic E-state index is 12.6. The van der Waals surface area contributed by atoms with E-state index in [4.69, 9.17) is 4.74 Å². The van der Waals surface area contributed by atoms with E-state index in [1.165, 1.54) is 0 Å². The minimum Gasteiger partial charge on any atom is -0.481 e. The predicted molar refractivity (Wildman–Crippen MR) is 97.7 cm³/mol. The van der Waals surface area contributed by atoms with Crippen molar-refractivity contribution in [1.29, 1.82) is 0 Å².